The molecule has 0 N–H and O–H groups in total. The van der Waals surface area contributed by atoms with Crippen LogP contribution in [-0.4, -0.2) is 14.5 Å². The van der Waals surface area contributed by atoms with Crippen molar-refractivity contribution in [3.8, 4) is 5.69 Å². The van der Waals surface area contributed by atoms with Gasteiger partial charge in [0.25, 0.3) is 0 Å². The van der Waals surface area contributed by atoms with Gasteiger partial charge in [-0.2, -0.15) is 0 Å². The van der Waals surface area contributed by atoms with Gasteiger partial charge in [-0.25, -0.2) is 9.97 Å². The molecule has 0 unspecified atom stereocenters. The van der Waals surface area contributed by atoms with Crippen molar-refractivity contribution in [2.45, 2.75) is 5.88 Å². The molecule has 102 valence electrons. The van der Waals surface area contributed by atoms with Crippen LogP contribution in [0.5, 0.6) is 0 Å². The maximum atomic E-state index is 6.27. The van der Waals surface area contributed by atoms with E-state index in [0.717, 1.165) is 0 Å². The number of alkyl halides is 1. The lowest BCUT2D eigenvalue weighted by molar-refractivity contribution is 0.970. The summed E-state index contributed by atoms with van der Waals surface area (Å²) in [7, 11) is 0. The van der Waals surface area contributed by atoms with Gasteiger partial charge in [-0.15, -0.1) is 11.6 Å². The van der Waals surface area contributed by atoms with Crippen LogP contribution in [-0.2, 0) is 5.88 Å². The highest BCUT2D eigenvalue weighted by Gasteiger charge is 2.16. The monoisotopic (exact) mass is 345 g/mol. The van der Waals surface area contributed by atoms with E-state index in [-0.39, 0.29) is 5.88 Å². The minimum absolute atomic E-state index is 0.219. The number of hydrogen-bond donors (Lipinski definition) is 0. The summed E-state index contributed by atoms with van der Waals surface area (Å²) in [6.07, 6.45) is 1.55. The third-order valence-corrected chi connectivity index (χ3v) is 4.08. The number of nitrogens with zero attached hydrogens (tertiary/aromatic N) is 3. The number of aromatic nitrogens is 3. The van der Waals surface area contributed by atoms with E-state index in [1.54, 1.807) is 22.9 Å². The molecular formula is C13H7Cl4N3. The highest BCUT2D eigenvalue weighted by atomic mass is 35.5. The van der Waals surface area contributed by atoms with Crippen molar-refractivity contribution >= 4 is 57.6 Å². The van der Waals surface area contributed by atoms with E-state index < -0.39 is 0 Å². The number of pyridine rings is 1. The molecule has 2 aromatic heterocycles. The molecule has 3 nitrogen and oxygen atoms in total. The van der Waals surface area contributed by atoms with Crippen molar-refractivity contribution in [1.29, 1.82) is 0 Å². The first-order valence-electron chi connectivity index (χ1n) is 5.65. The maximum Gasteiger partial charge on any atom is 0.164 e. The Hall–Kier alpha value is -1.000. The van der Waals surface area contributed by atoms with Crippen molar-refractivity contribution in [3.63, 3.8) is 0 Å². The maximum absolute atomic E-state index is 6.27. The van der Waals surface area contributed by atoms with Crippen LogP contribution in [0.2, 0.25) is 15.1 Å². The van der Waals surface area contributed by atoms with Crippen molar-refractivity contribution in [1.82, 2.24) is 14.5 Å². The van der Waals surface area contributed by atoms with Crippen LogP contribution in [0.25, 0.3) is 16.9 Å². The summed E-state index contributed by atoms with van der Waals surface area (Å²) in [5, 5.41) is 1.40. The second-order valence-electron chi connectivity index (χ2n) is 4.07. The highest BCUT2D eigenvalue weighted by Crippen LogP contribution is 2.32. The predicted molar refractivity (Wildman–Crippen MR) is 83.5 cm³/mol. The van der Waals surface area contributed by atoms with Gasteiger partial charge in [0.15, 0.2) is 5.65 Å². The molecule has 2 heterocycles. The number of fused-ring (bicyclic) bond motifs is 1. The Kier molecular flexibility index (Phi) is 3.78. The Morgan fingerprint density at radius 1 is 1.15 bits per heavy atom. The molecule has 0 atom stereocenters. The summed E-state index contributed by atoms with van der Waals surface area (Å²) >= 11 is 24.2. The first-order chi connectivity index (χ1) is 9.61. The highest BCUT2D eigenvalue weighted by molar-refractivity contribution is 6.43. The summed E-state index contributed by atoms with van der Waals surface area (Å²) in [5.41, 5.74) is 1.98. The lowest BCUT2D eigenvalue weighted by Crippen LogP contribution is -2.01. The molecule has 0 radical (unpaired) electrons. The van der Waals surface area contributed by atoms with E-state index in [2.05, 4.69) is 9.97 Å². The molecule has 0 aliphatic heterocycles. The van der Waals surface area contributed by atoms with Gasteiger partial charge < -0.3 is 0 Å². The van der Waals surface area contributed by atoms with Crippen LogP contribution in [0.1, 0.15) is 5.82 Å². The Balaban J connectivity index is 2.37. The van der Waals surface area contributed by atoms with Crippen molar-refractivity contribution in [2.24, 2.45) is 0 Å². The summed E-state index contributed by atoms with van der Waals surface area (Å²) in [4.78, 5) is 8.73. The van der Waals surface area contributed by atoms with Crippen molar-refractivity contribution in [2.75, 3.05) is 0 Å². The number of benzene rings is 1. The second kappa shape index (κ2) is 5.41. The quantitative estimate of drug-likeness (QED) is 0.603. The van der Waals surface area contributed by atoms with Gasteiger partial charge in [-0.1, -0.05) is 40.9 Å². The molecule has 0 saturated heterocycles. The van der Waals surface area contributed by atoms with Crippen LogP contribution in [0.3, 0.4) is 0 Å². The molecule has 0 amide bonds. The fourth-order valence-electron chi connectivity index (χ4n) is 2.00. The molecule has 20 heavy (non-hydrogen) atoms. The molecule has 0 saturated carbocycles. The molecule has 0 bridgehead atoms. The van der Waals surface area contributed by atoms with Gasteiger partial charge >= 0.3 is 0 Å². The fraction of sp³-hybridized carbons (Fsp3) is 0.0769. The summed E-state index contributed by atoms with van der Waals surface area (Å²) in [6.45, 7) is 0. The zero-order chi connectivity index (χ0) is 14.3. The van der Waals surface area contributed by atoms with Gasteiger partial charge in [0.05, 0.1) is 26.6 Å². The van der Waals surface area contributed by atoms with E-state index in [1.165, 1.54) is 0 Å². The number of halogens is 4. The molecule has 0 aliphatic carbocycles. The summed E-state index contributed by atoms with van der Waals surface area (Å²) in [5.74, 6) is 0.845. The zero-order valence-corrected chi connectivity index (χ0v) is 13.0. The zero-order valence-electron chi connectivity index (χ0n) is 9.95. The normalized spacial score (nSPS) is 11.2. The van der Waals surface area contributed by atoms with Crippen LogP contribution >= 0.6 is 46.4 Å². The summed E-state index contributed by atoms with van der Waals surface area (Å²) < 4.78 is 1.78. The van der Waals surface area contributed by atoms with Crippen LogP contribution < -0.4 is 0 Å². The van der Waals surface area contributed by atoms with Gasteiger partial charge in [-0.05, 0) is 18.2 Å². The first kappa shape index (κ1) is 14.0. The number of hydrogen-bond acceptors (Lipinski definition) is 2. The molecule has 0 fully saturated rings. The third-order valence-electron chi connectivity index (χ3n) is 2.82. The van der Waals surface area contributed by atoms with Crippen molar-refractivity contribution in [3.05, 3.63) is 51.4 Å². The number of rotatable bonds is 2. The Labute approximate surface area is 135 Å². The van der Waals surface area contributed by atoms with Gasteiger partial charge in [-0.3, -0.25) is 4.57 Å². The van der Waals surface area contributed by atoms with Crippen LogP contribution in [0.4, 0.5) is 0 Å². The van der Waals surface area contributed by atoms with E-state index >= 15 is 0 Å². The van der Waals surface area contributed by atoms with Crippen molar-refractivity contribution < 1.29 is 0 Å². The van der Waals surface area contributed by atoms with Crippen LogP contribution in [0.15, 0.2) is 30.5 Å². The molecule has 1 aromatic carbocycles. The fourth-order valence-corrected chi connectivity index (χ4v) is 2.71. The minimum Gasteiger partial charge on any atom is -0.278 e. The van der Waals surface area contributed by atoms with E-state index in [1.807, 2.05) is 12.1 Å². The van der Waals surface area contributed by atoms with Gasteiger partial charge in [0, 0.05) is 6.20 Å². The second-order valence-corrected chi connectivity index (χ2v) is 5.56. The third kappa shape index (κ3) is 2.25. The average molecular weight is 347 g/mol. The smallest absolute Gasteiger partial charge is 0.164 e. The Bertz CT molecular complexity index is 798. The van der Waals surface area contributed by atoms with Gasteiger partial charge in [0.2, 0.25) is 0 Å². The average Bonchev–Trinajstić information content (AvgIpc) is 2.79. The van der Waals surface area contributed by atoms with E-state index in [9.17, 15) is 0 Å². The topological polar surface area (TPSA) is 30.7 Å². The van der Waals surface area contributed by atoms with Gasteiger partial charge in [0.1, 0.15) is 11.3 Å². The van der Waals surface area contributed by atoms with E-state index in [0.29, 0.717) is 37.7 Å². The minimum atomic E-state index is 0.219. The molecular weight excluding hydrogens is 340 g/mol. The Morgan fingerprint density at radius 2 is 1.95 bits per heavy atom. The lowest BCUT2D eigenvalue weighted by atomic mass is 10.3. The lowest BCUT2D eigenvalue weighted by Gasteiger charge is -2.10. The number of imidazole rings is 1. The standard InChI is InChI=1S/C13H7Cl4N3/c14-5-11-19-9-4-7(15)6-18-13(9)20(11)10-3-1-2-8(16)12(10)17/h1-4,6H,5H2. The largest absolute Gasteiger partial charge is 0.278 e. The molecule has 0 aliphatic rings. The molecule has 3 aromatic rings. The SMILES string of the molecule is ClCc1nc2cc(Cl)cnc2n1-c1cccc(Cl)c1Cl. The molecule has 0 spiro atoms. The van der Waals surface area contributed by atoms with Crippen LogP contribution in [0, 0.1) is 0 Å². The Morgan fingerprint density at radius 3 is 2.70 bits per heavy atom. The van der Waals surface area contributed by atoms with E-state index in [4.69, 9.17) is 46.4 Å². The summed E-state index contributed by atoms with van der Waals surface area (Å²) in [6, 6.07) is 7.09. The first-order valence-corrected chi connectivity index (χ1v) is 7.32. The molecule has 3 rings (SSSR count). The molecule has 7 heteroatoms. The predicted octanol–water partition coefficient (Wildman–Crippen LogP) is 5.12.